The van der Waals surface area contributed by atoms with Crippen LogP contribution < -0.4 is 0 Å². The van der Waals surface area contributed by atoms with Crippen molar-refractivity contribution in [1.82, 2.24) is 19.4 Å². The second-order valence-electron chi connectivity index (χ2n) is 5.11. The van der Waals surface area contributed by atoms with Gasteiger partial charge in [-0.3, -0.25) is 0 Å². The predicted molar refractivity (Wildman–Crippen MR) is 79.3 cm³/mol. The summed E-state index contributed by atoms with van der Waals surface area (Å²) in [5.41, 5.74) is 6.01. The normalized spacial score (nSPS) is 11.5. The molecule has 0 N–H and O–H groups in total. The van der Waals surface area contributed by atoms with Crippen LogP contribution in [0.25, 0.3) is 22.1 Å². The van der Waals surface area contributed by atoms with Gasteiger partial charge in [0.2, 0.25) is 0 Å². The summed E-state index contributed by atoms with van der Waals surface area (Å²) >= 11 is 0. The van der Waals surface area contributed by atoms with Crippen molar-refractivity contribution in [2.24, 2.45) is 0 Å². The fraction of sp³-hybridized carbons (Fsp3) is 0.125. The minimum Gasteiger partial charge on any atom is -0.314 e. The number of pyridine rings is 1. The number of nitrogens with zero attached hydrogens (tertiary/aromatic N) is 4. The molecule has 0 saturated heterocycles. The summed E-state index contributed by atoms with van der Waals surface area (Å²) in [5, 5.41) is 9.30. The lowest BCUT2D eigenvalue weighted by atomic mass is 10.1. The van der Waals surface area contributed by atoms with Crippen molar-refractivity contribution < 1.29 is 0 Å². The fourth-order valence-electron chi connectivity index (χ4n) is 2.74. The predicted octanol–water partition coefficient (Wildman–Crippen LogP) is 3.29. The second kappa shape index (κ2) is 3.93. The maximum absolute atomic E-state index is 4.16. The van der Waals surface area contributed by atoms with Crippen molar-refractivity contribution in [3.05, 3.63) is 60.0 Å². The monoisotopic (exact) mass is 262 g/mol. The first-order chi connectivity index (χ1) is 9.75. The molecule has 0 saturated carbocycles. The Balaban J connectivity index is 2.26. The van der Waals surface area contributed by atoms with Gasteiger partial charge in [-0.15, -0.1) is 5.10 Å². The summed E-state index contributed by atoms with van der Waals surface area (Å²) < 4.78 is 4.05. The van der Waals surface area contributed by atoms with Crippen LogP contribution in [-0.4, -0.2) is 19.4 Å². The molecular formula is C16H14N4. The van der Waals surface area contributed by atoms with Gasteiger partial charge in [-0.1, -0.05) is 11.3 Å². The molecule has 0 aliphatic rings. The third kappa shape index (κ3) is 1.42. The van der Waals surface area contributed by atoms with Crippen LogP contribution in [0.2, 0.25) is 0 Å². The Morgan fingerprint density at radius 1 is 0.950 bits per heavy atom. The molecule has 1 aromatic carbocycles. The summed E-state index contributed by atoms with van der Waals surface area (Å²) in [4.78, 5) is 0. The van der Waals surface area contributed by atoms with Gasteiger partial charge >= 0.3 is 0 Å². The zero-order chi connectivity index (χ0) is 13.7. The van der Waals surface area contributed by atoms with Crippen LogP contribution in [0.15, 0.2) is 48.9 Å². The Labute approximate surface area is 116 Å². The molecule has 4 heteroatoms. The molecule has 0 radical (unpaired) electrons. The van der Waals surface area contributed by atoms with E-state index in [0.717, 1.165) is 11.2 Å². The van der Waals surface area contributed by atoms with Gasteiger partial charge in [-0.05, 0) is 49.2 Å². The minimum absolute atomic E-state index is 1.08. The van der Waals surface area contributed by atoms with Crippen molar-refractivity contribution >= 4 is 16.4 Å². The van der Waals surface area contributed by atoms with Crippen molar-refractivity contribution in [2.45, 2.75) is 13.8 Å². The van der Waals surface area contributed by atoms with Crippen LogP contribution in [-0.2, 0) is 0 Å². The highest BCUT2D eigenvalue weighted by Crippen LogP contribution is 2.31. The van der Waals surface area contributed by atoms with Crippen molar-refractivity contribution in [2.75, 3.05) is 0 Å². The molecule has 4 aromatic rings. The molecule has 0 aliphatic heterocycles. The van der Waals surface area contributed by atoms with E-state index in [1.165, 1.54) is 22.0 Å². The molecule has 0 amide bonds. The maximum Gasteiger partial charge on any atom is 0.0997 e. The summed E-state index contributed by atoms with van der Waals surface area (Å²) in [6.07, 6.45) is 5.68. The Morgan fingerprint density at radius 2 is 1.80 bits per heavy atom. The van der Waals surface area contributed by atoms with Gasteiger partial charge in [0.15, 0.2) is 0 Å². The minimum atomic E-state index is 1.08. The van der Waals surface area contributed by atoms with E-state index in [2.05, 4.69) is 53.0 Å². The fourth-order valence-corrected chi connectivity index (χ4v) is 2.74. The van der Waals surface area contributed by atoms with Gasteiger partial charge in [0.25, 0.3) is 0 Å². The summed E-state index contributed by atoms with van der Waals surface area (Å²) in [5.74, 6) is 0. The third-order valence-electron chi connectivity index (χ3n) is 3.88. The summed E-state index contributed by atoms with van der Waals surface area (Å²) in [6.45, 7) is 4.29. The van der Waals surface area contributed by atoms with Gasteiger partial charge in [0.1, 0.15) is 0 Å². The first-order valence-electron chi connectivity index (χ1n) is 6.62. The topological polar surface area (TPSA) is 35.1 Å². The van der Waals surface area contributed by atoms with Crippen molar-refractivity contribution in [3.63, 3.8) is 0 Å². The third-order valence-corrected chi connectivity index (χ3v) is 3.88. The maximum atomic E-state index is 4.16. The molecule has 0 fully saturated rings. The zero-order valence-corrected chi connectivity index (χ0v) is 11.4. The Bertz CT molecular complexity index is 917. The highest BCUT2D eigenvalue weighted by molar-refractivity contribution is 5.99. The molecule has 0 spiro atoms. The van der Waals surface area contributed by atoms with Gasteiger partial charge in [-0.25, -0.2) is 4.68 Å². The SMILES string of the molecule is Cc1cc2c(-n3ccnn3)c3ccccn3c2cc1C. The second-order valence-corrected chi connectivity index (χ2v) is 5.11. The van der Waals surface area contributed by atoms with Crippen LogP contribution >= 0.6 is 0 Å². The molecule has 0 atom stereocenters. The number of hydrogen-bond donors (Lipinski definition) is 0. The molecule has 0 aliphatic carbocycles. The van der Waals surface area contributed by atoms with E-state index in [4.69, 9.17) is 0 Å². The quantitative estimate of drug-likeness (QED) is 0.527. The Kier molecular flexibility index (Phi) is 2.21. The van der Waals surface area contributed by atoms with E-state index >= 15 is 0 Å². The molecular weight excluding hydrogens is 248 g/mol. The van der Waals surface area contributed by atoms with E-state index < -0.39 is 0 Å². The highest BCUT2D eigenvalue weighted by atomic mass is 15.4. The Hall–Kier alpha value is -2.62. The molecule has 0 bridgehead atoms. The lowest BCUT2D eigenvalue weighted by molar-refractivity contribution is 0.811. The van der Waals surface area contributed by atoms with Crippen LogP contribution in [0.3, 0.4) is 0 Å². The first kappa shape index (κ1) is 11.2. The molecule has 98 valence electrons. The van der Waals surface area contributed by atoms with Crippen LogP contribution in [0.5, 0.6) is 0 Å². The van der Waals surface area contributed by atoms with Gasteiger partial charge in [0.05, 0.1) is 29.1 Å². The smallest absolute Gasteiger partial charge is 0.0997 e. The zero-order valence-electron chi connectivity index (χ0n) is 11.4. The van der Waals surface area contributed by atoms with E-state index in [1.807, 2.05) is 23.0 Å². The number of rotatable bonds is 1. The van der Waals surface area contributed by atoms with Gasteiger partial charge in [-0.2, -0.15) is 0 Å². The summed E-state index contributed by atoms with van der Waals surface area (Å²) in [7, 11) is 0. The highest BCUT2D eigenvalue weighted by Gasteiger charge is 2.14. The van der Waals surface area contributed by atoms with Crippen LogP contribution in [0, 0.1) is 13.8 Å². The standard InChI is InChI=1S/C16H14N4/c1-11-9-13-15(10-12(11)2)19-7-4-3-5-14(19)16(13)20-8-6-17-18-20/h3-10H,1-2H3. The summed E-state index contributed by atoms with van der Waals surface area (Å²) in [6, 6.07) is 10.7. The molecule has 3 heterocycles. The largest absolute Gasteiger partial charge is 0.314 e. The number of aromatic nitrogens is 4. The lowest BCUT2D eigenvalue weighted by Crippen LogP contribution is -1.95. The average Bonchev–Trinajstić information content (AvgIpc) is 3.06. The van der Waals surface area contributed by atoms with Gasteiger partial charge in [0, 0.05) is 11.6 Å². The van der Waals surface area contributed by atoms with Crippen LogP contribution in [0.4, 0.5) is 0 Å². The van der Waals surface area contributed by atoms with E-state index in [1.54, 1.807) is 6.20 Å². The molecule has 20 heavy (non-hydrogen) atoms. The van der Waals surface area contributed by atoms with Gasteiger partial charge < -0.3 is 4.40 Å². The van der Waals surface area contributed by atoms with E-state index in [-0.39, 0.29) is 0 Å². The molecule has 0 unspecified atom stereocenters. The average molecular weight is 262 g/mol. The number of fused-ring (bicyclic) bond motifs is 3. The lowest BCUT2D eigenvalue weighted by Gasteiger charge is -2.02. The van der Waals surface area contributed by atoms with E-state index in [0.29, 0.717) is 0 Å². The molecule has 4 rings (SSSR count). The number of hydrogen-bond acceptors (Lipinski definition) is 2. The van der Waals surface area contributed by atoms with Crippen molar-refractivity contribution in [3.8, 4) is 5.69 Å². The van der Waals surface area contributed by atoms with Crippen LogP contribution in [0.1, 0.15) is 11.1 Å². The molecule has 3 aromatic heterocycles. The molecule has 4 nitrogen and oxygen atoms in total. The first-order valence-corrected chi connectivity index (χ1v) is 6.62. The van der Waals surface area contributed by atoms with Crippen molar-refractivity contribution in [1.29, 1.82) is 0 Å². The van der Waals surface area contributed by atoms with E-state index in [9.17, 15) is 0 Å². The Morgan fingerprint density at radius 3 is 2.60 bits per heavy atom. The number of benzene rings is 1. The number of aryl methyl sites for hydroxylation is 2.